The number of hydrogen-bond donors (Lipinski definition) is 0. The van der Waals surface area contributed by atoms with Gasteiger partial charge < -0.3 is 4.90 Å². The van der Waals surface area contributed by atoms with Crippen LogP contribution in [0.2, 0.25) is 0 Å². The zero-order chi connectivity index (χ0) is 10.8. The normalized spacial score (nSPS) is 36.9. The van der Waals surface area contributed by atoms with Gasteiger partial charge in [0.25, 0.3) is 0 Å². The molecule has 0 aromatic rings. The average molecular weight is 248 g/mol. The molecule has 2 fully saturated rings. The van der Waals surface area contributed by atoms with Crippen molar-refractivity contribution < 1.29 is 4.79 Å². The lowest BCUT2D eigenvalue weighted by Gasteiger charge is -2.38. The molecule has 15 heavy (non-hydrogen) atoms. The first-order valence-electron chi connectivity index (χ1n) is 5.76. The Morgan fingerprint density at radius 3 is 2.87 bits per heavy atom. The summed E-state index contributed by atoms with van der Waals surface area (Å²) < 4.78 is 0. The van der Waals surface area contributed by atoms with Crippen LogP contribution in [0.15, 0.2) is 0 Å². The van der Waals surface area contributed by atoms with Crippen LogP contribution in [0.3, 0.4) is 0 Å². The highest BCUT2D eigenvalue weighted by Crippen LogP contribution is 2.31. The first-order chi connectivity index (χ1) is 7.20. The molecular formula is C11H18ClNOS. The highest BCUT2D eigenvalue weighted by molar-refractivity contribution is 8.00. The third-order valence-electron chi connectivity index (χ3n) is 3.38. The third-order valence-corrected chi connectivity index (χ3v) is 5.33. The van der Waals surface area contributed by atoms with E-state index in [2.05, 4.69) is 6.92 Å². The number of rotatable bonds is 1. The van der Waals surface area contributed by atoms with Crippen molar-refractivity contribution in [1.82, 2.24) is 4.90 Å². The van der Waals surface area contributed by atoms with Crippen LogP contribution < -0.4 is 0 Å². The zero-order valence-corrected chi connectivity index (χ0v) is 10.7. The Hall–Kier alpha value is 0.110. The predicted octanol–water partition coefficient (Wildman–Crippen LogP) is 2.50. The monoisotopic (exact) mass is 247 g/mol. The minimum absolute atomic E-state index is 0.147. The van der Waals surface area contributed by atoms with Crippen LogP contribution in [0, 0.1) is 0 Å². The fourth-order valence-electron chi connectivity index (χ4n) is 2.36. The Labute approximate surface area is 101 Å². The summed E-state index contributed by atoms with van der Waals surface area (Å²) in [7, 11) is 0. The number of alkyl halides is 1. The van der Waals surface area contributed by atoms with Gasteiger partial charge in [0.15, 0.2) is 0 Å². The van der Waals surface area contributed by atoms with E-state index in [1.807, 2.05) is 16.7 Å². The number of thioether (sulfide) groups is 1. The molecule has 0 bridgehead atoms. The lowest BCUT2D eigenvalue weighted by Crippen LogP contribution is -2.50. The zero-order valence-electron chi connectivity index (χ0n) is 9.12. The molecule has 0 aliphatic carbocycles. The molecule has 86 valence electrons. The fourth-order valence-corrected chi connectivity index (χ4v) is 3.88. The Morgan fingerprint density at radius 1 is 1.40 bits per heavy atom. The molecule has 0 aromatic heterocycles. The first-order valence-corrected chi connectivity index (χ1v) is 7.25. The molecule has 3 atom stereocenters. The van der Waals surface area contributed by atoms with Gasteiger partial charge in [-0.2, -0.15) is 0 Å². The number of amides is 1. The molecule has 1 amide bonds. The van der Waals surface area contributed by atoms with Crippen LogP contribution in [0.5, 0.6) is 0 Å². The van der Waals surface area contributed by atoms with Gasteiger partial charge in [0.05, 0.1) is 10.6 Å². The maximum absolute atomic E-state index is 12.2. The number of piperidine rings is 1. The van der Waals surface area contributed by atoms with E-state index in [-0.39, 0.29) is 16.7 Å². The van der Waals surface area contributed by atoms with E-state index in [1.165, 1.54) is 6.42 Å². The molecule has 0 saturated carbocycles. The van der Waals surface area contributed by atoms with Crippen molar-refractivity contribution in [2.24, 2.45) is 0 Å². The molecule has 2 aliphatic rings. The lowest BCUT2D eigenvalue weighted by atomic mass is 10.0. The van der Waals surface area contributed by atoms with Crippen molar-refractivity contribution in [3.05, 3.63) is 0 Å². The van der Waals surface area contributed by atoms with Crippen LogP contribution >= 0.6 is 23.4 Å². The van der Waals surface area contributed by atoms with E-state index in [4.69, 9.17) is 11.6 Å². The van der Waals surface area contributed by atoms with Gasteiger partial charge in [0, 0.05) is 12.6 Å². The molecule has 2 aliphatic heterocycles. The highest BCUT2D eigenvalue weighted by Gasteiger charge is 2.34. The first kappa shape index (κ1) is 11.6. The molecule has 0 radical (unpaired) electrons. The summed E-state index contributed by atoms with van der Waals surface area (Å²) >= 11 is 8.03. The summed E-state index contributed by atoms with van der Waals surface area (Å²) in [6, 6.07) is 0.217. The Morgan fingerprint density at radius 2 is 2.20 bits per heavy atom. The molecule has 0 aromatic carbocycles. The number of halogens is 1. The third kappa shape index (κ3) is 2.44. The van der Waals surface area contributed by atoms with E-state index in [1.54, 1.807) is 0 Å². The van der Waals surface area contributed by atoms with Crippen LogP contribution in [0.4, 0.5) is 0 Å². The second kappa shape index (κ2) is 4.96. The van der Waals surface area contributed by atoms with Gasteiger partial charge in [0.2, 0.25) is 5.91 Å². The number of likely N-dealkylation sites (tertiary alicyclic amines) is 1. The van der Waals surface area contributed by atoms with Gasteiger partial charge >= 0.3 is 0 Å². The van der Waals surface area contributed by atoms with Crippen molar-refractivity contribution in [2.75, 3.05) is 12.3 Å². The van der Waals surface area contributed by atoms with E-state index >= 15 is 0 Å². The standard InChI is InChI=1S/C11H18ClNOS/c1-8-9(12)4-2-6-13(8)11(14)10-5-3-7-15-10/h8-10H,2-7H2,1H3. The summed E-state index contributed by atoms with van der Waals surface area (Å²) in [6.07, 6.45) is 4.35. The summed E-state index contributed by atoms with van der Waals surface area (Å²) in [4.78, 5) is 14.2. The van der Waals surface area contributed by atoms with Crippen LogP contribution in [0.25, 0.3) is 0 Å². The van der Waals surface area contributed by atoms with Gasteiger partial charge in [-0.05, 0) is 38.4 Å². The van der Waals surface area contributed by atoms with Crippen molar-refractivity contribution in [2.45, 2.75) is 49.3 Å². The number of carbonyl (C=O) groups excluding carboxylic acids is 1. The van der Waals surface area contributed by atoms with Crippen molar-refractivity contribution in [3.63, 3.8) is 0 Å². The molecule has 3 unspecified atom stereocenters. The molecule has 0 N–H and O–H groups in total. The van der Waals surface area contributed by atoms with Crippen molar-refractivity contribution >= 4 is 29.3 Å². The van der Waals surface area contributed by atoms with Gasteiger partial charge in [0.1, 0.15) is 0 Å². The SMILES string of the molecule is CC1C(Cl)CCCN1C(=O)C1CCCS1. The van der Waals surface area contributed by atoms with Gasteiger partial charge in [-0.3, -0.25) is 4.79 Å². The summed E-state index contributed by atoms with van der Waals surface area (Å²) in [5.74, 6) is 1.47. The number of hydrogen-bond acceptors (Lipinski definition) is 2. The van der Waals surface area contributed by atoms with Crippen LogP contribution in [-0.2, 0) is 4.79 Å². The second-order valence-corrected chi connectivity index (χ2v) is 6.30. The Balaban J connectivity index is 1.98. The van der Waals surface area contributed by atoms with Gasteiger partial charge in [-0.25, -0.2) is 0 Å². The molecular weight excluding hydrogens is 230 g/mol. The van der Waals surface area contributed by atoms with Crippen molar-refractivity contribution in [3.8, 4) is 0 Å². The van der Waals surface area contributed by atoms with Crippen LogP contribution in [-0.4, -0.2) is 39.8 Å². The maximum Gasteiger partial charge on any atom is 0.235 e. The predicted molar refractivity (Wildman–Crippen MR) is 65.5 cm³/mol. The van der Waals surface area contributed by atoms with Gasteiger partial charge in [-0.1, -0.05) is 0 Å². The molecule has 4 heteroatoms. The fraction of sp³-hybridized carbons (Fsp3) is 0.909. The Kier molecular flexibility index (Phi) is 3.83. The van der Waals surface area contributed by atoms with E-state index in [9.17, 15) is 4.79 Å². The smallest absolute Gasteiger partial charge is 0.235 e. The molecule has 2 saturated heterocycles. The van der Waals surface area contributed by atoms with E-state index < -0.39 is 0 Å². The molecule has 0 spiro atoms. The quantitative estimate of drug-likeness (QED) is 0.664. The number of nitrogens with zero attached hydrogens (tertiary/aromatic N) is 1. The minimum atomic E-state index is 0.147. The number of carbonyl (C=O) groups is 1. The van der Waals surface area contributed by atoms with Gasteiger partial charge in [-0.15, -0.1) is 23.4 Å². The van der Waals surface area contributed by atoms with E-state index in [0.29, 0.717) is 5.91 Å². The molecule has 2 heterocycles. The second-order valence-electron chi connectivity index (χ2n) is 4.43. The maximum atomic E-state index is 12.2. The largest absolute Gasteiger partial charge is 0.338 e. The molecule has 2 nitrogen and oxygen atoms in total. The van der Waals surface area contributed by atoms with Crippen LogP contribution in [0.1, 0.15) is 32.6 Å². The Bertz CT molecular complexity index is 243. The topological polar surface area (TPSA) is 20.3 Å². The van der Waals surface area contributed by atoms with Crippen molar-refractivity contribution in [1.29, 1.82) is 0 Å². The lowest BCUT2D eigenvalue weighted by molar-refractivity contribution is -0.133. The average Bonchev–Trinajstić information content (AvgIpc) is 2.74. The molecule has 2 rings (SSSR count). The summed E-state index contributed by atoms with van der Waals surface area (Å²) in [5, 5.41) is 0.364. The highest BCUT2D eigenvalue weighted by atomic mass is 35.5. The summed E-state index contributed by atoms with van der Waals surface area (Å²) in [6.45, 7) is 2.98. The summed E-state index contributed by atoms with van der Waals surface area (Å²) in [5.41, 5.74) is 0. The van der Waals surface area contributed by atoms with E-state index in [0.717, 1.165) is 31.6 Å². The minimum Gasteiger partial charge on any atom is -0.338 e.